The van der Waals surface area contributed by atoms with Crippen LogP contribution >= 0.6 is 0 Å². The Bertz CT molecular complexity index is 751. The molecule has 0 spiro atoms. The van der Waals surface area contributed by atoms with E-state index >= 15 is 0 Å². The van der Waals surface area contributed by atoms with Gasteiger partial charge in [-0.05, 0) is 0 Å². The first kappa shape index (κ1) is 31.6. The summed E-state index contributed by atoms with van der Waals surface area (Å²) in [4.78, 5) is 21.9. The van der Waals surface area contributed by atoms with Crippen LogP contribution < -0.4 is 0 Å². The van der Waals surface area contributed by atoms with Crippen molar-refractivity contribution in [1.29, 1.82) is 0 Å². The second-order valence-electron chi connectivity index (χ2n) is 6.33. The number of halogens is 16. The van der Waals surface area contributed by atoms with Gasteiger partial charge in [0, 0.05) is 0 Å². The number of hydrogen-bond acceptors (Lipinski definition) is 2. The van der Waals surface area contributed by atoms with Crippen molar-refractivity contribution in [3.8, 4) is 0 Å². The molecular formula is C14H8F16O4. The maximum Gasteiger partial charge on any atom is 0.378 e. The molecule has 0 saturated carbocycles. The molecule has 0 aromatic heterocycles. The Hall–Kier alpha value is -2.44. The van der Waals surface area contributed by atoms with Crippen LogP contribution in [0.1, 0.15) is 12.8 Å². The predicted octanol–water partition coefficient (Wildman–Crippen LogP) is 5.57. The Morgan fingerprint density at radius 2 is 0.735 bits per heavy atom. The van der Waals surface area contributed by atoms with Crippen molar-refractivity contribution in [1.82, 2.24) is 0 Å². The molecule has 0 aliphatic heterocycles. The smallest absolute Gasteiger partial charge is 0.378 e. The average molecular weight is 544 g/mol. The molecule has 0 aliphatic rings. The Morgan fingerprint density at radius 3 is 0.882 bits per heavy atom. The standard InChI is InChI=1S/C14H8F16O4/c15-7(16)11(23,24)13(27,28)9(19,20)1-3(5(31)32)4(6(33)34)2-10(21,22)14(29,30)12(25,26)8(17)18/h7-8H,1-2H2,(H,31,32)(H,33,34). The van der Waals surface area contributed by atoms with Gasteiger partial charge in [0.05, 0.1) is 24.0 Å². The van der Waals surface area contributed by atoms with Crippen molar-refractivity contribution < 1.29 is 90.0 Å². The Labute approximate surface area is 175 Å². The molecule has 0 radical (unpaired) electrons. The molecule has 0 atom stereocenters. The van der Waals surface area contributed by atoms with Crippen LogP contribution in [0.3, 0.4) is 0 Å². The van der Waals surface area contributed by atoms with E-state index in [1.54, 1.807) is 0 Å². The van der Waals surface area contributed by atoms with Gasteiger partial charge in [-0.2, -0.15) is 52.7 Å². The van der Waals surface area contributed by atoms with E-state index in [0.717, 1.165) is 0 Å². The lowest BCUT2D eigenvalue weighted by molar-refractivity contribution is -0.338. The minimum absolute atomic E-state index is 3.02. The SMILES string of the molecule is O=C(O)C(CC(F)(F)C(F)(F)C(F)(F)C(F)F)=C(CC(F)(F)C(F)(F)C(F)(F)C(F)F)C(=O)O. The monoisotopic (exact) mass is 544 g/mol. The third-order valence-electron chi connectivity index (χ3n) is 3.98. The topological polar surface area (TPSA) is 74.6 Å². The van der Waals surface area contributed by atoms with Crippen LogP contribution in [0.5, 0.6) is 0 Å². The average Bonchev–Trinajstić information content (AvgIpc) is 2.62. The van der Waals surface area contributed by atoms with Crippen molar-refractivity contribution in [2.75, 3.05) is 0 Å². The van der Waals surface area contributed by atoms with Crippen molar-refractivity contribution in [3.05, 3.63) is 11.1 Å². The molecule has 4 nitrogen and oxygen atoms in total. The summed E-state index contributed by atoms with van der Waals surface area (Å²) in [6.45, 7) is 0. The van der Waals surface area contributed by atoms with Gasteiger partial charge in [0.25, 0.3) is 0 Å². The van der Waals surface area contributed by atoms with Crippen molar-refractivity contribution in [2.45, 2.75) is 61.2 Å². The van der Waals surface area contributed by atoms with E-state index < -0.39 is 84.3 Å². The van der Waals surface area contributed by atoms with Gasteiger partial charge < -0.3 is 10.2 Å². The number of hydrogen-bond donors (Lipinski definition) is 2. The molecule has 2 N–H and O–H groups in total. The number of alkyl halides is 16. The van der Waals surface area contributed by atoms with Gasteiger partial charge in [-0.1, -0.05) is 0 Å². The second kappa shape index (κ2) is 9.31. The lowest BCUT2D eigenvalue weighted by Crippen LogP contribution is -2.58. The Kier molecular flexibility index (Phi) is 8.64. The summed E-state index contributed by atoms with van der Waals surface area (Å²) < 4.78 is 207. The van der Waals surface area contributed by atoms with Gasteiger partial charge >= 0.3 is 60.3 Å². The molecule has 34 heavy (non-hydrogen) atoms. The first-order valence-corrected chi connectivity index (χ1v) is 7.74. The van der Waals surface area contributed by atoms with E-state index in [-0.39, 0.29) is 0 Å². The summed E-state index contributed by atoms with van der Waals surface area (Å²) in [5.74, 6) is -48.3. The van der Waals surface area contributed by atoms with Gasteiger partial charge in [0.15, 0.2) is 0 Å². The number of aliphatic carboxylic acids is 2. The molecule has 0 fully saturated rings. The van der Waals surface area contributed by atoms with Gasteiger partial charge in [-0.3, -0.25) is 0 Å². The van der Waals surface area contributed by atoms with Crippen LogP contribution in [0.15, 0.2) is 11.1 Å². The normalized spacial score (nSPS) is 15.6. The van der Waals surface area contributed by atoms with Crippen LogP contribution in [0, 0.1) is 0 Å². The molecular weight excluding hydrogens is 536 g/mol. The maximum absolute atomic E-state index is 13.6. The lowest BCUT2D eigenvalue weighted by atomic mass is 9.90. The lowest BCUT2D eigenvalue weighted by Gasteiger charge is -2.33. The quantitative estimate of drug-likeness (QED) is 0.249. The first-order valence-electron chi connectivity index (χ1n) is 7.74. The largest absolute Gasteiger partial charge is 0.478 e. The molecule has 0 rings (SSSR count). The van der Waals surface area contributed by atoms with Crippen molar-refractivity contribution >= 4 is 11.9 Å². The number of carboxylic acids is 2. The van der Waals surface area contributed by atoms with E-state index in [2.05, 4.69) is 0 Å². The molecule has 0 aromatic carbocycles. The minimum Gasteiger partial charge on any atom is -0.478 e. The fourth-order valence-electron chi connectivity index (χ4n) is 2.05. The summed E-state index contributed by atoms with van der Waals surface area (Å²) in [7, 11) is 0. The van der Waals surface area contributed by atoms with Crippen LogP contribution in [-0.4, -0.2) is 70.5 Å². The highest BCUT2D eigenvalue weighted by molar-refractivity contribution is 5.99. The zero-order valence-electron chi connectivity index (χ0n) is 15.3. The van der Waals surface area contributed by atoms with E-state index in [1.807, 2.05) is 0 Å². The molecule has 0 unspecified atom stereocenters. The van der Waals surface area contributed by atoms with E-state index in [1.165, 1.54) is 0 Å². The van der Waals surface area contributed by atoms with E-state index in [9.17, 15) is 79.8 Å². The van der Waals surface area contributed by atoms with Gasteiger partial charge in [-0.15, -0.1) is 0 Å². The highest BCUT2D eigenvalue weighted by Gasteiger charge is 2.77. The van der Waals surface area contributed by atoms with Crippen molar-refractivity contribution in [3.63, 3.8) is 0 Å². The fourth-order valence-corrected chi connectivity index (χ4v) is 2.05. The molecule has 0 heterocycles. The third-order valence-corrected chi connectivity index (χ3v) is 3.98. The Balaban J connectivity index is 6.78. The second-order valence-corrected chi connectivity index (χ2v) is 6.33. The molecule has 0 bridgehead atoms. The zero-order chi connectivity index (χ0) is 27.9. The Morgan fingerprint density at radius 1 is 0.529 bits per heavy atom. The third kappa shape index (κ3) is 5.28. The molecule has 0 amide bonds. The van der Waals surface area contributed by atoms with Gasteiger partial charge in [0.2, 0.25) is 0 Å². The summed E-state index contributed by atoms with van der Waals surface area (Å²) in [5, 5.41) is 17.3. The molecule has 20 heteroatoms. The highest BCUT2D eigenvalue weighted by atomic mass is 19.4. The van der Waals surface area contributed by atoms with E-state index in [0.29, 0.717) is 0 Å². The summed E-state index contributed by atoms with van der Waals surface area (Å²) >= 11 is 0. The molecule has 0 aliphatic carbocycles. The maximum atomic E-state index is 13.6. The summed E-state index contributed by atoms with van der Waals surface area (Å²) in [6.07, 6.45) is -18.3. The fraction of sp³-hybridized carbons (Fsp3) is 0.714. The van der Waals surface area contributed by atoms with Crippen molar-refractivity contribution in [2.24, 2.45) is 0 Å². The minimum atomic E-state index is -7.21. The predicted molar refractivity (Wildman–Crippen MR) is 73.2 cm³/mol. The molecule has 200 valence electrons. The van der Waals surface area contributed by atoms with Gasteiger partial charge in [0.1, 0.15) is 0 Å². The summed E-state index contributed by atoms with van der Waals surface area (Å²) in [5.41, 5.74) is -6.03. The highest BCUT2D eigenvalue weighted by Crippen LogP contribution is 2.53. The van der Waals surface area contributed by atoms with Crippen LogP contribution in [-0.2, 0) is 9.59 Å². The van der Waals surface area contributed by atoms with Gasteiger partial charge in [-0.25, -0.2) is 27.2 Å². The van der Waals surface area contributed by atoms with Crippen LogP contribution in [0.2, 0.25) is 0 Å². The number of rotatable bonds is 12. The summed E-state index contributed by atoms with van der Waals surface area (Å²) in [6, 6.07) is 0. The number of carboxylic acid groups (broad SMARTS) is 2. The van der Waals surface area contributed by atoms with Crippen LogP contribution in [0.4, 0.5) is 70.2 Å². The number of carbonyl (C=O) groups is 2. The van der Waals surface area contributed by atoms with Crippen LogP contribution in [0.25, 0.3) is 0 Å². The molecule has 0 aromatic rings. The van der Waals surface area contributed by atoms with E-state index in [4.69, 9.17) is 10.2 Å². The molecule has 0 saturated heterocycles. The zero-order valence-corrected chi connectivity index (χ0v) is 15.3. The first-order chi connectivity index (χ1) is 14.7.